The summed E-state index contributed by atoms with van der Waals surface area (Å²) in [5, 5.41) is 13.0. The summed E-state index contributed by atoms with van der Waals surface area (Å²) >= 11 is 0. The highest BCUT2D eigenvalue weighted by molar-refractivity contribution is 7.89. The van der Waals surface area contributed by atoms with E-state index in [0.717, 1.165) is 0 Å². The Kier molecular flexibility index (Phi) is 4.12. The van der Waals surface area contributed by atoms with Crippen molar-refractivity contribution in [3.8, 4) is 0 Å². The van der Waals surface area contributed by atoms with Crippen molar-refractivity contribution in [2.24, 2.45) is 17.8 Å². The third kappa shape index (κ3) is 2.69. The number of rotatable bonds is 4. The van der Waals surface area contributed by atoms with Crippen LogP contribution < -0.4 is 0 Å². The van der Waals surface area contributed by atoms with E-state index in [1.165, 1.54) is 11.2 Å². The van der Waals surface area contributed by atoms with E-state index in [2.05, 4.69) is 5.16 Å². The summed E-state index contributed by atoms with van der Waals surface area (Å²) in [6.07, 6.45) is 0. The minimum absolute atomic E-state index is 0.00935. The van der Waals surface area contributed by atoms with E-state index in [0.29, 0.717) is 5.69 Å². The van der Waals surface area contributed by atoms with Gasteiger partial charge in [-0.1, -0.05) is 19.0 Å². The summed E-state index contributed by atoms with van der Waals surface area (Å²) < 4.78 is 31.6. The molecule has 2 heterocycles. The van der Waals surface area contributed by atoms with Crippen LogP contribution >= 0.6 is 0 Å². The zero-order chi connectivity index (χ0) is 15.9. The number of aliphatic carboxylic acids is 1. The smallest absolute Gasteiger partial charge is 0.308 e. The van der Waals surface area contributed by atoms with E-state index < -0.39 is 21.9 Å². The lowest BCUT2D eigenvalue weighted by Crippen LogP contribution is -2.30. The second-order valence-corrected chi connectivity index (χ2v) is 7.70. The van der Waals surface area contributed by atoms with Crippen LogP contribution in [-0.4, -0.2) is 42.0 Å². The lowest BCUT2D eigenvalue weighted by Gasteiger charge is -2.18. The van der Waals surface area contributed by atoms with Gasteiger partial charge in [0.25, 0.3) is 0 Å². The molecule has 0 aliphatic carbocycles. The van der Waals surface area contributed by atoms with Crippen LogP contribution in [0.5, 0.6) is 0 Å². The molecule has 1 aromatic rings. The van der Waals surface area contributed by atoms with E-state index >= 15 is 0 Å². The predicted molar refractivity (Wildman–Crippen MR) is 74.2 cm³/mol. The summed E-state index contributed by atoms with van der Waals surface area (Å²) in [4.78, 5) is 11.4. The van der Waals surface area contributed by atoms with Gasteiger partial charge in [0.2, 0.25) is 10.0 Å². The van der Waals surface area contributed by atoms with Crippen molar-refractivity contribution in [2.75, 3.05) is 13.1 Å². The van der Waals surface area contributed by atoms with Gasteiger partial charge in [-0.15, -0.1) is 0 Å². The summed E-state index contributed by atoms with van der Waals surface area (Å²) in [5.41, 5.74) is 0.298. The van der Waals surface area contributed by atoms with Gasteiger partial charge in [-0.2, -0.15) is 4.31 Å². The van der Waals surface area contributed by atoms with Crippen molar-refractivity contribution in [2.45, 2.75) is 32.6 Å². The molecular weight excluding hydrogens is 296 g/mol. The molecule has 21 heavy (non-hydrogen) atoms. The van der Waals surface area contributed by atoms with Crippen molar-refractivity contribution < 1.29 is 22.8 Å². The fourth-order valence-electron chi connectivity index (χ4n) is 2.90. The van der Waals surface area contributed by atoms with Crippen LogP contribution in [0.25, 0.3) is 0 Å². The number of hydrogen-bond donors (Lipinski definition) is 1. The van der Waals surface area contributed by atoms with Gasteiger partial charge in [0.15, 0.2) is 5.76 Å². The van der Waals surface area contributed by atoms with Gasteiger partial charge in [-0.05, 0) is 25.7 Å². The first-order valence-electron chi connectivity index (χ1n) is 6.82. The zero-order valence-corrected chi connectivity index (χ0v) is 13.3. The summed E-state index contributed by atoms with van der Waals surface area (Å²) in [6, 6.07) is 0. The Hall–Kier alpha value is -1.41. The molecule has 0 bridgehead atoms. The lowest BCUT2D eigenvalue weighted by molar-refractivity contribution is -0.142. The monoisotopic (exact) mass is 316 g/mol. The van der Waals surface area contributed by atoms with Gasteiger partial charge in [0, 0.05) is 13.1 Å². The van der Waals surface area contributed by atoms with Gasteiger partial charge >= 0.3 is 5.97 Å². The molecule has 1 fully saturated rings. The van der Waals surface area contributed by atoms with Crippen LogP contribution in [0.2, 0.25) is 0 Å². The molecule has 1 N–H and O–H groups in total. The first-order chi connectivity index (χ1) is 9.66. The maximum atomic E-state index is 12.7. The molecule has 0 spiro atoms. The number of aryl methyl sites for hydroxylation is 2. The minimum atomic E-state index is -3.78. The maximum absolute atomic E-state index is 12.7. The maximum Gasteiger partial charge on any atom is 0.308 e. The van der Waals surface area contributed by atoms with Crippen LogP contribution in [0.1, 0.15) is 25.3 Å². The second kappa shape index (κ2) is 5.42. The highest BCUT2D eigenvalue weighted by Gasteiger charge is 2.45. The number of hydrogen-bond acceptors (Lipinski definition) is 5. The number of sulfonamides is 1. The molecule has 0 amide bonds. The molecule has 1 saturated heterocycles. The Morgan fingerprint density at radius 1 is 1.38 bits per heavy atom. The molecule has 0 radical (unpaired) electrons. The van der Waals surface area contributed by atoms with Gasteiger partial charge < -0.3 is 9.63 Å². The van der Waals surface area contributed by atoms with Gasteiger partial charge in [-0.25, -0.2) is 8.42 Å². The first-order valence-corrected chi connectivity index (χ1v) is 8.26. The fourth-order valence-corrected chi connectivity index (χ4v) is 4.69. The average molecular weight is 316 g/mol. The molecule has 0 saturated carbocycles. The average Bonchev–Trinajstić information content (AvgIpc) is 2.94. The van der Waals surface area contributed by atoms with E-state index in [4.69, 9.17) is 4.52 Å². The van der Waals surface area contributed by atoms with Gasteiger partial charge in [0.05, 0.1) is 5.92 Å². The van der Waals surface area contributed by atoms with E-state index in [-0.39, 0.29) is 35.6 Å². The van der Waals surface area contributed by atoms with Crippen LogP contribution in [0.3, 0.4) is 0 Å². The van der Waals surface area contributed by atoms with E-state index in [1.807, 2.05) is 13.8 Å². The third-order valence-corrected chi connectivity index (χ3v) is 6.15. The molecule has 1 aliphatic rings. The van der Waals surface area contributed by atoms with Crippen molar-refractivity contribution >= 4 is 16.0 Å². The van der Waals surface area contributed by atoms with Gasteiger partial charge in [-0.3, -0.25) is 4.79 Å². The summed E-state index contributed by atoms with van der Waals surface area (Å²) in [5.74, 6) is -1.51. The minimum Gasteiger partial charge on any atom is -0.481 e. The lowest BCUT2D eigenvalue weighted by atomic mass is 9.86. The Morgan fingerprint density at radius 2 is 2.00 bits per heavy atom. The predicted octanol–water partition coefficient (Wildman–Crippen LogP) is 1.27. The highest BCUT2D eigenvalue weighted by Crippen LogP contribution is 2.34. The highest BCUT2D eigenvalue weighted by atomic mass is 32.2. The molecule has 1 aliphatic heterocycles. The van der Waals surface area contributed by atoms with Crippen LogP contribution in [0, 0.1) is 31.6 Å². The van der Waals surface area contributed by atoms with Crippen molar-refractivity contribution in [1.29, 1.82) is 0 Å². The Labute approximate surface area is 124 Å². The third-order valence-electron chi connectivity index (χ3n) is 4.07. The van der Waals surface area contributed by atoms with Crippen molar-refractivity contribution in [3.63, 3.8) is 0 Å². The Morgan fingerprint density at radius 3 is 2.38 bits per heavy atom. The zero-order valence-electron chi connectivity index (χ0n) is 12.5. The molecule has 8 heteroatoms. The molecule has 2 atom stereocenters. The molecule has 7 nitrogen and oxygen atoms in total. The molecule has 2 rings (SSSR count). The largest absolute Gasteiger partial charge is 0.481 e. The molecule has 118 valence electrons. The van der Waals surface area contributed by atoms with Gasteiger partial charge in [0.1, 0.15) is 10.6 Å². The number of aromatic nitrogens is 1. The van der Waals surface area contributed by atoms with Crippen LogP contribution in [-0.2, 0) is 14.8 Å². The fraction of sp³-hybridized carbons (Fsp3) is 0.692. The molecule has 1 aromatic heterocycles. The summed E-state index contributed by atoms with van der Waals surface area (Å²) in [6.45, 7) is 7.12. The number of carbonyl (C=O) groups is 1. The molecule has 0 aromatic carbocycles. The number of carboxylic acids is 1. The topological polar surface area (TPSA) is 101 Å². The molecular formula is C13H20N2O5S. The quantitative estimate of drug-likeness (QED) is 0.897. The normalized spacial score (nSPS) is 23.9. The van der Waals surface area contributed by atoms with Crippen LogP contribution in [0.4, 0.5) is 0 Å². The second-order valence-electron chi connectivity index (χ2n) is 5.83. The SMILES string of the molecule is Cc1noc(C)c1S(=O)(=O)N1C[C@@H](C(=O)O)[C@H](C(C)C)C1. The number of nitrogens with zero attached hydrogens (tertiary/aromatic N) is 2. The Bertz CT molecular complexity index is 630. The van der Waals surface area contributed by atoms with Crippen molar-refractivity contribution in [1.82, 2.24) is 9.46 Å². The van der Waals surface area contributed by atoms with Crippen LogP contribution in [0.15, 0.2) is 9.42 Å². The van der Waals surface area contributed by atoms with E-state index in [9.17, 15) is 18.3 Å². The Balaban J connectivity index is 2.37. The van der Waals surface area contributed by atoms with E-state index in [1.54, 1.807) is 6.92 Å². The number of carboxylic acid groups (broad SMARTS) is 1. The summed E-state index contributed by atoms with van der Waals surface area (Å²) in [7, 11) is -3.78. The first kappa shape index (κ1) is 16.0. The van der Waals surface area contributed by atoms with Crippen molar-refractivity contribution in [3.05, 3.63) is 11.5 Å². The molecule has 0 unspecified atom stereocenters. The standard InChI is InChI=1S/C13H20N2O5S/c1-7(2)10-5-15(6-11(10)13(16)17)21(18,19)12-8(3)14-20-9(12)4/h7,10-11H,5-6H2,1-4H3,(H,16,17)/t10-,11+/m0/s1.